The standard InChI is InChI=1S/C28H34N2O4/c1-32-23-6-4-20(16-24(23)33-2)19-3-5-22-21(15-19)7-10-28(11-12-28)26(22)29-27(31)34-25-17-30-13-8-18(25)9-14-30/h3-6,15-16,18,25-26H,7-14,17H2,1-2H3,(H,29,31)/t25-,26?/m1/s1. The number of carbonyl (C=O) groups is 1. The number of nitrogens with one attached hydrogen (secondary N) is 1. The molecule has 5 aliphatic rings. The van der Waals surface area contributed by atoms with Crippen molar-refractivity contribution < 1.29 is 19.0 Å². The van der Waals surface area contributed by atoms with Gasteiger partial charge in [-0.1, -0.05) is 24.3 Å². The van der Waals surface area contributed by atoms with Crippen LogP contribution in [0.1, 0.15) is 49.3 Å². The van der Waals surface area contributed by atoms with E-state index in [9.17, 15) is 4.79 Å². The molecular weight excluding hydrogens is 428 g/mol. The molecule has 1 spiro atoms. The number of fused-ring (bicyclic) bond motifs is 4. The number of hydrogen-bond donors (Lipinski definition) is 1. The second-order valence-electron chi connectivity index (χ2n) is 10.5. The van der Waals surface area contributed by atoms with Gasteiger partial charge in [-0.15, -0.1) is 0 Å². The first kappa shape index (κ1) is 21.8. The number of carbonyl (C=O) groups excluding carboxylic acids is 1. The van der Waals surface area contributed by atoms with Gasteiger partial charge >= 0.3 is 6.09 Å². The highest BCUT2D eigenvalue weighted by molar-refractivity contribution is 5.71. The maximum absolute atomic E-state index is 13.0. The number of hydrogen-bond acceptors (Lipinski definition) is 5. The number of piperidine rings is 3. The average molecular weight is 463 g/mol. The van der Waals surface area contributed by atoms with Crippen LogP contribution in [-0.4, -0.2) is 51.0 Å². The van der Waals surface area contributed by atoms with Crippen LogP contribution in [0.2, 0.25) is 0 Å². The molecule has 2 aliphatic carbocycles. The molecule has 3 saturated heterocycles. The van der Waals surface area contributed by atoms with Crippen LogP contribution < -0.4 is 14.8 Å². The number of nitrogens with zero attached hydrogens (tertiary/aromatic N) is 1. The fourth-order valence-electron chi connectivity index (χ4n) is 6.42. The summed E-state index contributed by atoms with van der Waals surface area (Å²) in [6, 6.07) is 12.7. The monoisotopic (exact) mass is 462 g/mol. The highest BCUT2D eigenvalue weighted by Gasteiger charge is 2.53. The van der Waals surface area contributed by atoms with Crippen LogP contribution in [0.4, 0.5) is 4.79 Å². The summed E-state index contributed by atoms with van der Waals surface area (Å²) in [7, 11) is 3.31. The van der Waals surface area contributed by atoms with Crippen LogP contribution in [0.25, 0.3) is 11.1 Å². The Labute approximate surface area is 201 Å². The van der Waals surface area contributed by atoms with Crippen molar-refractivity contribution in [3.8, 4) is 22.6 Å². The molecule has 1 saturated carbocycles. The molecule has 180 valence electrons. The highest BCUT2D eigenvalue weighted by atomic mass is 16.6. The Bertz CT molecular complexity index is 1090. The molecule has 1 amide bonds. The third kappa shape index (κ3) is 3.82. The van der Waals surface area contributed by atoms with E-state index in [0.717, 1.165) is 67.9 Å². The van der Waals surface area contributed by atoms with Crippen LogP contribution >= 0.6 is 0 Å². The molecule has 3 aliphatic heterocycles. The van der Waals surface area contributed by atoms with Crippen molar-refractivity contribution in [3.05, 3.63) is 47.5 Å². The number of amides is 1. The first-order valence-corrected chi connectivity index (χ1v) is 12.6. The van der Waals surface area contributed by atoms with Gasteiger partial charge in [0.15, 0.2) is 11.5 Å². The molecule has 0 radical (unpaired) electrons. The fraction of sp³-hybridized carbons (Fsp3) is 0.536. The van der Waals surface area contributed by atoms with Gasteiger partial charge in [0.2, 0.25) is 0 Å². The van der Waals surface area contributed by atoms with Gasteiger partial charge in [-0.25, -0.2) is 4.79 Å². The van der Waals surface area contributed by atoms with Crippen molar-refractivity contribution in [3.63, 3.8) is 0 Å². The summed E-state index contributed by atoms with van der Waals surface area (Å²) in [5.74, 6) is 1.98. The summed E-state index contributed by atoms with van der Waals surface area (Å²) in [6.07, 6.45) is 6.59. The lowest BCUT2D eigenvalue weighted by atomic mass is 9.76. The Morgan fingerprint density at radius 1 is 0.971 bits per heavy atom. The van der Waals surface area contributed by atoms with E-state index in [1.165, 1.54) is 24.0 Å². The minimum atomic E-state index is -0.244. The van der Waals surface area contributed by atoms with Crippen LogP contribution in [0.15, 0.2) is 36.4 Å². The smallest absolute Gasteiger partial charge is 0.407 e. The van der Waals surface area contributed by atoms with Gasteiger partial charge in [0, 0.05) is 6.54 Å². The zero-order valence-electron chi connectivity index (χ0n) is 20.1. The van der Waals surface area contributed by atoms with Crippen LogP contribution in [0.3, 0.4) is 0 Å². The normalized spacial score (nSPS) is 28.2. The second-order valence-corrected chi connectivity index (χ2v) is 10.5. The van der Waals surface area contributed by atoms with Gasteiger partial charge in [-0.2, -0.15) is 0 Å². The predicted octanol–water partition coefficient (Wildman–Crippen LogP) is 4.96. The van der Waals surface area contributed by atoms with E-state index in [-0.39, 0.29) is 23.7 Å². The molecule has 4 fully saturated rings. The Balaban J connectivity index is 1.22. The van der Waals surface area contributed by atoms with Crippen LogP contribution in [0.5, 0.6) is 11.5 Å². The van der Waals surface area contributed by atoms with Crippen LogP contribution in [-0.2, 0) is 11.2 Å². The summed E-state index contributed by atoms with van der Waals surface area (Å²) in [5, 5.41) is 3.31. The van der Waals surface area contributed by atoms with E-state index < -0.39 is 0 Å². The lowest BCUT2D eigenvalue weighted by molar-refractivity contribution is -0.0347. The van der Waals surface area contributed by atoms with Crippen molar-refractivity contribution in [1.29, 1.82) is 0 Å². The van der Waals surface area contributed by atoms with Crippen molar-refractivity contribution >= 4 is 6.09 Å². The van der Waals surface area contributed by atoms with E-state index in [1.54, 1.807) is 14.2 Å². The summed E-state index contributed by atoms with van der Waals surface area (Å²) >= 11 is 0. The van der Waals surface area contributed by atoms with E-state index >= 15 is 0 Å². The third-order valence-electron chi connectivity index (χ3n) is 8.68. The Hall–Kier alpha value is -2.73. The van der Waals surface area contributed by atoms with Gasteiger partial charge in [-0.3, -0.25) is 4.90 Å². The molecule has 2 atom stereocenters. The van der Waals surface area contributed by atoms with Gasteiger partial charge in [0.1, 0.15) is 6.10 Å². The zero-order chi connectivity index (χ0) is 23.3. The highest BCUT2D eigenvalue weighted by Crippen LogP contribution is 2.61. The van der Waals surface area contributed by atoms with Crippen molar-refractivity contribution in [2.75, 3.05) is 33.9 Å². The molecule has 1 unspecified atom stereocenters. The van der Waals surface area contributed by atoms with Crippen molar-refractivity contribution in [1.82, 2.24) is 10.2 Å². The molecular formula is C28H34N2O4. The molecule has 6 nitrogen and oxygen atoms in total. The molecule has 7 rings (SSSR count). The summed E-state index contributed by atoms with van der Waals surface area (Å²) < 4.78 is 16.9. The number of methoxy groups -OCH3 is 2. The average Bonchev–Trinajstić information content (AvgIpc) is 3.66. The minimum Gasteiger partial charge on any atom is -0.493 e. The molecule has 6 heteroatoms. The lowest BCUT2D eigenvalue weighted by Crippen LogP contribution is -2.53. The summed E-state index contributed by atoms with van der Waals surface area (Å²) in [5.41, 5.74) is 5.02. The fourth-order valence-corrected chi connectivity index (χ4v) is 6.42. The van der Waals surface area contributed by atoms with Crippen LogP contribution in [0, 0.1) is 11.3 Å². The molecule has 2 aromatic rings. The maximum atomic E-state index is 13.0. The van der Waals surface area contributed by atoms with Gasteiger partial charge in [-0.05, 0) is 97.3 Å². The molecule has 2 bridgehead atoms. The molecule has 3 heterocycles. The predicted molar refractivity (Wildman–Crippen MR) is 130 cm³/mol. The second kappa shape index (κ2) is 8.49. The largest absolute Gasteiger partial charge is 0.493 e. The number of alkyl carbamates (subject to hydrolysis) is 1. The number of rotatable bonds is 5. The first-order chi connectivity index (χ1) is 16.6. The summed E-state index contributed by atoms with van der Waals surface area (Å²) in [6.45, 7) is 3.18. The Kier molecular flexibility index (Phi) is 5.44. The SMILES string of the molecule is COc1ccc(-c2ccc3c(c2)CCC2(CC2)C3NC(=O)O[C@@H]2CN3CCC2CC3)cc1OC. The van der Waals surface area contributed by atoms with Gasteiger partial charge in [0.05, 0.1) is 20.3 Å². The summed E-state index contributed by atoms with van der Waals surface area (Å²) in [4.78, 5) is 15.4. The Morgan fingerprint density at radius 3 is 2.38 bits per heavy atom. The van der Waals surface area contributed by atoms with Crippen molar-refractivity contribution in [2.45, 2.75) is 50.7 Å². The van der Waals surface area contributed by atoms with Gasteiger partial charge in [0.25, 0.3) is 0 Å². The molecule has 2 aromatic carbocycles. The Morgan fingerprint density at radius 2 is 1.71 bits per heavy atom. The van der Waals surface area contributed by atoms with Crippen molar-refractivity contribution in [2.24, 2.45) is 11.3 Å². The van der Waals surface area contributed by atoms with E-state index in [0.29, 0.717) is 5.92 Å². The number of aryl methyl sites for hydroxylation is 1. The number of benzene rings is 2. The van der Waals surface area contributed by atoms with E-state index in [1.807, 2.05) is 12.1 Å². The van der Waals surface area contributed by atoms with E-state index in [2.05, 4.69) is 34.5 Å². The molecule has 34 heavy (non-hydrogen) atoms. The topological polar surface area (TPSA) is 60.0 Å². The zero-order valence-corrected chi connectivity index (χ0v) is 20.1. The van der Waals surface area contributed by atoms with Gasteiger partial charge < -0.3 is 19.5 Å². The maximum Gasteiger partial charge on any atom is 0.407 e. The third-order valence-corrected chi connectivity index (χ3v) is 8.68. The molecule has 0 aromatic heterocycles. The lowest BCUT2D eigenvalue weighted by Gasteiger charge is -2.44. The minimum absolute atomic E-state index is 0.0317. The molecule has 1 N–H and O–H groups in total. The number of ether oxygens (including phenoxy) is 3. The first-order valence-electron chi connectivity index (χ1n) is 12.6. The quantitative estimate of drug-likeness (QED) is 0.681. The van der Waals surface area contributed by atoms with E-state index in [4.69, 9.17) is 14.2 Å².